The highest BCUT2D eigenvalue weighted by molar-refractivity contribution is 6.41. The normalized spacial score (nSPS) is 13.5. The summed E-state index contributed by atoms with van der Waals surface area (Å²) in [7, 11) is 0. The first kappa shape index (κ1) is 32.9. The molecule has 13 heteroatoms. The van der Waals surface area contributed by atoms with Crippen molar-refractivity contribution in [3.63, 3.8) is 0 Å². The zero-order valence-corrected chi connectivity index (χ0v) is 25.9. The van der Waals surface area contributed by atoms with E-state index in [-0.39, 0.29) is 25.2 Å². The number of ketones is 1. The van der Waals surface area contributed by atoms with Gasteiger partial charge in [0, 0.05) is 86.3 Å². The number of imidazole rings is 1. The molecule has 1 aliphatic rings. The summed E-state index contributed by atoms with van der Waals surface area (Å²) >= 11 is 0. The number of piperazine rings is 1. The Hall–Kier alpha value is -5.98. The van der Waals surface area contributed by atoms with E-state index in [0.717, 1.165) is 22.0 Å². The Balaban J connectivity index is 1.20. The van der Waals surface area contributed by atoms with Gasteiger partial charge in [-0.1, -0.05) is 12.1 Å². The Morgan fingerprint density at radius 2 is 1.47 bits per heavy atom. The van der Waals surface area contributed by atoms with Crippen LogP contribution < -0.4 is 10.5 Å². The number of aliphatic hydroxyl groups excluding tert-OH is 1. The molecule has 250 valence electrons. The summed E-state index contributed by atoms with van der Waals surface area (Å²) < 4.78 is 59.0. The third-order valence-electron chi connectivity index (χ3n) is 8.23. The number of carbonyl (C=O) groups excluding carboxylic acids is 2. The van der Waals surface area contributed by atoms with Crippen LogP contribution in [0.1, 0.15) is 22.3 Å². The number of nitrogens with zero attached hydrogens (tertiary/aromatic N) is 5. The van der Waals surface area contributed by atoms with Gasteiger partial charge in [0.1, 0.15) is 29.0 Å². The first-order valence-corrected chi connectivity index (χ1v) is 15.2. The molecule has 3 aromatic carbocycles. The maximum atomic E-state index is 14.5. The van der Waals surface area contributed by atoms with Crippen LogP contribution in [0.3, 0.4) is 0 Å². The first-order chi connectivity index (χ1) is 23.5. The van der Waals surface area contributed by atoms with E-state index in [1.165, 1.54) is 35.4 Å². The van der Waals surface area contributed by atoms with Crippen molar-refractivity contribution in [2.24, 2.45) is 0 Å². The van der Waals surface area contributed by atoms with Crippen molar-refractivity contribution in [3.8, 4) is 5.69 Å². The number of anilines is 1. The van der Waals surface area contributed by atoms with Gasteiger partial charge in [-0.25, -0.2) is 22.5 Å². The van der Waals surface area contributed by atoms with Gasteiger partial charge in [-0.2, -0.15) is 0 Å². The van der Waals surface area contributed by atoms with Gasteiger partial charge in [0.15, 0.2) is 0 Å². The molecule has 49 heavy (non-hydrogen) atoms. The molecule has 9 nitrogen and oxygen atoms in total. The molecule has 2 aromatic heterocycles. The SMILES string of the molecule is O=C(/C=C(/O)c1cc(Cc2c(F)cc(F)cc2F)cn(Cc2ccc(F)cc2)c1=O)C(=O)N1CCN(c2ccc(-n3ccnc3)cc2)CC1. The van der Waals surface area contributed by atoms with Crippen LogP contribution in [0.25, 0.3) is 11.4 Å². The number of halogens is 4. The van der Waals surface area contributed by atoms with E-state index in [1.807, 2.05) is 35.0 Å². The summed E-state index contributed by atoms with van der Waals surface area (Å²) in [6.07, 6.45) is 6.71. The molecule has 1 N–H and O–H groups in total. The second kappa shape index (κ2) is 14.0. The number of aliphatic hydroxyl groups is 1. The summed E-state index contributed by atoms with van der Waals surface area (Å²) in [5.41, 5.74) is 0.833. The molecular formula is C36H29F4N5O4. The fraction of sp³-hybridized carbons (Fsp3) is 0.167. The van der Waals surface area contributed by atoms with Crippen LogP contribution in [-0.4, -0.2) is 62.0 Å². The minimum Gasteiger partial charge on any atom is -0.507 e. The number of amides is 1. The largest absolute Gasteiger partial charge is 0.507 e. The lowest BCUT2D eigenvalue weighted by atomic mass is 10.0. The molecule has 1 saturated heterocycles. The predicted molar refractivity (Wildman–Crippen MR) is 173 cm³/mol. The lowest BCUT2D eigenvalue weighted by molar-refractivity contribution is -0.142. The van der Waals surface area contributed by atoms with Gasteiger partial charge in [0.25, 0.3) is 11.5 Å². The molecule has 3 heterocycles. The van der Waals surface area contributed by atoms with Crippen molar-refractivity contribution in [3.05, 3.63) is 154 Å². The van der Waals surface area contributed by atoms with Crippen LogP contribution in [0.4, 0.5) is 23.2 Å². The highest BCUT2D eigenvalue weighted by Gasteiger charge is 2.26. The Labute approximate surface area is 277 Å². The lowest BCUT2D eigenvalue weighted by Gasteiger charge is -2.35. The topological polar surface area (TPSA) is 101 Å². The monoisotopic (exact) mass is 671 g/mol. The Bertz CT molecular complexity index is 2060. The van der Waals surface area contributed by atoms with Gasteiger partial charge in [0.2, 0.25) is 5.78 Å². The molecule has 5 aromatic rings. The quantitative estimate of drug-likeness (QED) is 0.102. The fourth-order valence-corrected chi connectivity index (χ4v) is 5.66. The summed E-state index contributed by atoms with van der Waals surface area (Å²) in [4.78, 5) is 47.0. The molecule has 0 spiro atoms. The summed E-state index contributed by atoms with van der Waals surface area (Å²) in [5.74, 6) is -6.68. The molecule has 0 saturated carbocycles. The highest BCUT2D eigenvalue weighted by Crippen LogP contribution is 2.22. The van der Waals surface area contributed by atoms with Crippen LogP contribution >= 0.6 is 0 Å². The van der Waals surface area contributed by atoms with Crippen LogP contribution in [-0.2, 0) is 22.6 Å². The van der Waals surface area contributed by atoms with E-state index in [0.29, 0.717) is 36.9 Å². The van der Waals surface area contributed by atoms with Crippen molar-refractivity contribution in [1.29, 1.82) is 0 Å². The standard InChI is InChI=1S/C36H29F4N5O4/c37-25-3-1-23(2-4-25)20-45-21-24(15-29-31(39)17-26(38)18-32(29)40)16-30(35(45)48)33(46)19-34(47)36(49)43-13-11-42(12-14-43)27-5-7-28(8-6-27)44-10-9-41-22-44/h1-10,16-19,21-22,46H,11-15,20H2/b33-19+. The Kier molecular flexibility index (Phi) is 9.42. The van der Waals surface area contributed by atoms with Crippen LogP contribution in [0.15, 0.2) is 103 Å². The van der Waals surface area contributed by atoms with E-state index < -0.39 is 63.8 Å². The number of benzene rings is 3. The molecule has 0 atom stereocenters. The Morgan fingerprint density at radius 3 is 2.10 bits per heavy atom. The molecule has 0 radical (unpaired) electrons. The molecule has 0 aliphatic carbocycles. The summed E-state index contributed by atoms with van der Waals surface area (Å²) in [6.45, 7) is 1.25. The zero-order valence-electron chi connectivity index (χ0n) is 25.9. The number of carbonyl (C=O) groups is 2. The van der Waals surface area contributed by atoms with Crippen molar-refractivity contribution in [2.75, 3.05) is 31.1 Å². The molecule has 1 fully saturated rings. The fourth-order valence-electron chi connectivity index (χ4n) is 5.66. The minimum atomic E-state index is -1.15. The van der Waals surface area contributed by atoms with E-state index >= 15 is 0 Å². The van der Waals surface area contributed by atoms with Crippen molar-refractivity contribution < 1.29 is 32.3 Å². The number of aromatic nitrogens is 3. The maximum absolute atomic E-state index is 14.5. The van der Waals surface area contributed by atoms with Gasteiger partial charge in [-0.15, -0.1) is 0 Å². The summed E-state index contributed by atoms with van der Waals surface area (Å²) in [5, 5.41) is 11.0. The maximum Gasteiger partial charge on any atom is 0.294 e. The van der Waals surface area contributed by atoms with E-state index in [2.05, 4.69) is 9.88 Å². The molecule has 0 bridgehead atoms. The molecule has 0 unspecified atom stereocenters. The van der Waals surface area contributed by atoms with Gasteiger partial charge >= 0.3 is 0 Å². The third kappa shape index (κ3) is 7.45. The second-order valence-electron chi connectivity index (χ2n) is 11.5. The zero-order chi connectivity index (χ0) is 34.7. The molecule has 6 rings (SSSR count). The van der Waals surface area contributed by atoms with Crippen molar-refractivity contribution in [1.82, 2.24) is 19.0 Å². The first-order valence-electron chi connectivity index (χ1n) is 15.2. The number of pyridine rings is 1. The lowest BCUT2D eigenvalue weighted by Crippen LogP contribution is -2.50. The highest BCUT2D eigenvalue weighted by atomic mass is 19.1. The second-order valence-corrected chi connectivity index (χ2v) is 11.5. The predicted octanol–water partition coefficient (Wildman–Crippen LogP) is 5.05. The van der Waals surface area contributed by atoms with Crippen molar-refractivity contribution >= 4 is 23.1 Å². The number of hydrogen-bond acceptors (Lipinski definition) is 6. The van der Waals surface area contributed by atoms with Gasteiger partial charge in [-0.05, 0) is 53.6 Å². The van der Waals surface area contributed by atoms with Crippen LogP contribution in [0.5, 0.6) is 0 Å². The number of rotatable bonds is 9. The molecule has 1 amide bonds. The van der Waals surface area contributed by atoms with E-state index in [4.69, 9.17) is 0 Å². The van der Waals surface area contributed by atoms with Gasteiger partial charge in [-0.3, -0.25) is 14.4 Å². The van der Waals surface area contributed by atoms with Crippen LogP contribution in [0.2, 0.25) is 0 Å². The van der Waals surface area contributed by atoms with Crippen LogP contribution in [0, 0.1) is 23.3 Å². The summed E-state index contributed by atoms with van der Waals surface area (Å²) in [6, 6.07) is 15.2. The third-order valence-corrected chi connectivity index (χ3v) is 8.23. The smallest absolute Gasteiger partial charge is 0.294 e. The minimum absolute atomic E-state index is 0.120. The van der Waals surface area contributed by atoms with Gasteiger partial charge < -0.3 is 24.0 Å². The average Bonchev–Trinajstić information content (AvgIpc) is 3.64. The van der Waals surface area contributed by atoms with Gasteiger partial charge in [0.05, 0.1) is 18.4 Å². The van der Waals surface area contributed by atoms with Crippen molar-refractivity contribution in [2.45, 2.75) is 13.0 Å². The molecular weight excluding hydrogens is 642 g/mol. The molecule has 1 aliphatic heterocycles. The van der Waals surface area contributed by atoms with E-state index in [1.54, 1.807) is 12.5 Å². The Morgan fingerprint density at radius 1 is 0.816 bits per heavy atom. The number of hydrogen-bond donors (Lipinski definition) is 1. The van der Waals surface area contributed by atoms with E-state index in [9.17, 15) is 37.1 Å². The average molecular weight is 672 g/mol.